The van der Waals surface area contributed by atoms with Gasteiger partial charge in [0.1, 0.15) is 5.69 Å². The zero-order chi connectivity index (χ0) is 12.4. The van der Waals surface area contributed by atoms with E-state index in [-0.39, 0.29) is 5.91 Å². The van der Waals surface area contributed by atoms with Crippen LogP contribution >= 0.6 is 0 Å². The molecular formula is C11H13N5O. The molecule has 0 bridgehead atoms. The first kappa shape index (κ1) is 11.1. The molecule has 0 saturated carbocycles. The normalized spacial score (nSPS) is 10.2. The maximum absolute atomic E-state index is 11.7. The number of amides is 1. The topological polar surface area (TPSA) is 77.0 Å². The molecule has 0 aromatic carbocycles. The Hall–Kier alpha value is -2.37. The Kier molecular flexibility index (Phi) is 2.78. The van der Waals surface area contributed by atoms with E-state index in [0.29, 0.717) is 11.4 Å². The van der Waals surface area contributed by atoms with Crippen LogP contribution in [0.25, 0.3) is 5.69 Å². The van der Waals surface area contributed by atoms with E-state index < -0.39 is 0 Å². The number of pyridine rings is 1. The highest BCUT2D eigenvalue weighted by molar-refractivity contribution is 5.92. The molecule has 0 spiro atoms. The number of carbonyl (C=O) groups is 1. The summed E-state index contributed by atoms with van der Waals surface area (Å²) < 4.78 is 1.60. The minimum Gasteiger partial charge on any atom is -0.396 e. The quantitative estimate of drug-likeness (QED) is 0.818. The highest BCUT2D eigenvalue weighted by Crippen LogP contribution is 2.10. The van der Waals surface area contributed by atoms with E-state index in [1.54, 1.807) is 49.5 Å². The van der Waals surface area contributed by atoms with Crippen LogP contribution in [0.2, 0.25) is 0 Å². The van der Waals surface area contributed by atoms with E-state index in [9.17, 15) is 4.79 Å². The maximum atomic E-state index is 11.7. The average Bonchev–Trinajstić information content (AvgIpc) is 2.75. The Balaban J connectivity index is 2.38. The van der Waals surface area contributed by atoms with Gasteiger partial charge in [0.05, 0.1) is 23.8 Å². The number of aromatic nitrogens is 3. The third-order valence-corrected chi connectivity index (χ3v) is 2.24. The van der Waals surface area contributed by atoms with Crippen LogP contribution < -0.4 is 5.73 Å². The molecule has 6 heteroatoms. The first-order valence-corrected chi connectivity index (χ1v) is 5.06. The molecule has 0 atom stereocenters. The van der Waals surface area contributed by atoms with Crippen molar-refractivity contribution in [1.29, 1.82) is 0 Å². The molecule has 0 saturated heterocycles. The molecule has 0 radical (unpaired) electrons. The Labute approximate surface area is 98.7 Å². The molecule has 0 fully saturated rings. The van der Waals surface area contributed by atoms with E-state index in [4.69, 9.17) is 5.73 Å². The fraction of sp³-hybridized carbons (Fsp3) is 0.182. The van der Waals surface area contributed by atoms with Gasteiger partial charge in [-0.05, 0) is 12.1 Å². The van der Waals surface area contributed by atoms with Gasteiger partial charge in [-0.15, -0.1) is 0 Å². The van der Waals surface area contributed by atoms with Crippen molar-refractivity contribution in [3.8, 4) is 5.69 Å². The third-order valence-electron chi connectivity index (χ3n) is 2.24. The number of carbonyl (C=O) groups excluding carboxylic acids is 1. The smallest absolute Gasteiger partial charge is 0.272 e. The van der Waals surface area contributed by atoms with Crippen molar-refractivity contribution in [2.75, 3.05) is 19.8 Å². The number of nitrogen functional groups attached to an aromatic ring is 1. The molecule has 6 nitrogen and oxygen atoms in total. The van der Waals surface area contributed by atoms with Gasteiger partial charge < -0.3 is 10.6 Å². The standard InChI is InChI=1S/C11H13N5O/c1-15(2)11(17)10-5-9(3-4-13-10)16-7-8(12)6-14-16/h3-7H,12H2,1-2H3. The molecule has 88 valence electrons. The first-order chi connectivity index (χ1) is 8.08. The predicted molar refractivity (Wildman–Crippen MR) is 63.8 cm³/mol. The van der Waals surface area contributed by atoms with Gasteiger partial charge in [0.2, 0.25) is 0 Å². The van der Waals surface area contributed by atoms with E-state index in [2.05, 4.69) is 10.1 Å². The van der Waals surface area contributed by atoms with Crippen LogP contribution in [0.15, 0.2) is 30.7 Å². The van der Waals surface area contributed by atoms with Gasteiger partial charge in [-0.2, -0.15) is 5.10 Å². The highest BCUT2D eigenvalue weighted by Gasteiger charge is 2.10. The fourth-order valence-electron chi connectivity index (χ4n) is 1.39. The Morgan fingerprint density at radius 2 is 2.24 bits per heavy atom. The van der Waals surface area contributed by atoms with E-state index in [1.807, 2.05) is 0 Å². The van der Waals surface area contributed by atoms with Crippen LogP contribution in [0.3, 0.4) is 0 Å². The van der Waals surface area contributed by atoms with Crippen LogP contribution in [0.5, 0.6) is 0 Å². The Morgan fingerprint density at radius 1 is 1.47 bits per heavy atom. The second kappa shape index (κ2) is 4.25. The van der Waals surface area contributed by atoms with Gasteiger partial charge >= 0.3 is 0 Å². The van der Waals surface area contributed by atoms with Crippen molar-refractivity contribution in [3.63, 3.8) is 0 Å². The molecule has 2 aromatic heterocycles. The Bertz CT molecular complexity index is 546. The van der Waals surface area contributed by atoms with Crippen LogP contribution in [-0.2, 0) is 0 Å². The summed E-state index contributed by atoms with van der Waals surface area (Å²) in [5, 5.41) is 4.07. The number of hydrogen-bond donors (Lipinski definition) is 1. The van der Waals surface area contributed by atoms with Gasteiger partial charge in [-0.25, -0.2) is 4.68 Å². The van der Waals surface area contributed by atoms with Crippen molar-refractivity contribution in [1.82, 2.24) is 19.7 Å². The van der Waals surface area contributed by atoms with Crippen molar-refractivity contribution in [2.24, 2.45) is 0 Å². The lowest BCUT2D eigenvalue weighted by molar-refractivity contribution is 0.0822. The molecular weight excluding hydrogens is 218 g/mol. The van der Waals surface area contributed by atoms with Crippen LogP contribution in [0.1, 0.15) is 10.5 Å². The van der Waals surface area contributed by atoms with Crippen molar-refractivity contribution in [3.05, 3.63) is 36.4 Å². The van der Waals surface area contributed by atoms with Crippen molar-refractivity contribution >= 4 is 11.6 Å². The van der Waals surface area contributed by atoms with Gasteiger partial charge in [0.15, 0.2) is 0 Å². The number of nitrogens with zero attached hydrogens (tertiary/aromatic N) is 4. The maximum Gasteiger partial charge on any atom is 0.272 e. The van der Waals surface area contributed by atoms with Crippen LogP contribution in [-0.4, -0.2) is 39.7 Å². The second-order valence-corrected chi connectivity index (χ2v) is 3.82. The number of nitrogens with two attached hydrogens (primary N) is 1. The molecule has 2 heterocycles. The molecule has 1 amide bonds. The summed E-state index contributed by atoms with van der Waals surface area (Å²) in [5.41, 5.74) is 7.29. The van der Waals surface area contributed by atoms with Crippen LogP contribution in [0, 0.1) is 0 Å². The minimum absolute atomic E-state index is 0.146. The zero-order valence-corrected chi connectivity index (χ0v) is 9.66. The lowest BCUT2D eigenvalue weighted by atomic mass is 10.3. The van der Waals surface area contributed by atoms with Gasteiger partial charge in [0.25, 0.3) is 5.91 Å². The lowest BCUT2D eigenvalue weighted by Gasteiger charge is -2.10. The second-order valence-electron chi connectivity index (χ2n) is 3.82. The van der Waals surface area contributed by atoms with Gasteiger partial charge in [0, 0.05) is 20.3 Å². The summed E-state index contributed by atoms with van der Waals surface area (Å²) in [5.74, 6) is -0.146. The average molecular weight is 231 g/mol. The number of rotatable bonds is 2. The van der Waals surface area contributed by atoms with Crippen LogP contribution in [0.4, 0.5) is 5.69 Å². The fourth-order valence-corrected chi connectivity index (χ4v) is 1.39. The minimum atomic E-state index is -0.146. The van der Waals surface area contributed by atoms with Crippen molar-refractivity contribution in [2.45, 2.75) is 0 Å². The number of anilines is 1. The molecule has 17 heavy (non-hydrogen) atoms. The summed E-state index contributed by atoms with van der Waals surface area (Å²) in [6.07, 6.45) is 4.80. The lowest BCUT2D eigenvalue weighted by Crippen LogP contribution is -2.22. The zero-order valence-electron chi connectivity index (χ0n) is 9.66. The third kappa shape index (κ3) is 2.25. The summed E-state index contributed by atoms with van der Waals surface area (Å²) in [6.45, 7) is 0. The summed E-state index contributed by atoms with van der Waals surface area (Å²) in [7, 11) is 3.37. The molecule has 2 aromatic rings. The summed E-state index contributed by atoms with van der Waals surface area (Å²) in [6, 6.07) is 3.44. The summed E-state index contributed by atoms with van der Waals surface area (Å²) in [4.78, 5) is 17.2. The molecule has 0 unspecified atom stereocenters. The summed E-state index contributed by atoms with van der Waals surface area (Å²) >= 11 is 0. The number of hydrogen-bond acceptors (Lipinski definition) is 4. The molecule has 2 N–H and O–H groups in total. The SMILES string of the molecule is CN(C)C(=O)c1cc(-n2cc(N)cn2)ccn1. The molecule has 0 aliphatic rings. The van der Waals surface area contributed by atoms with Gasteiger partial charge in [-0.1, -0.05) is 0 Å². The Morgan fingerprint density at radius 3 is 2.82 bits per heavy atom. The molecule has 0 aliphatic carbocycles. The van der Waals surface area contributed by atoms with E-state index in [1.165, 1.54) is 4.90 Å². The first-order valence-electron chi connectivity index (χ1n) is 5.06. The van der Waals surface area contributed by atoms with E-state index in [0.717, 1.165) is 5.69 Å². The molecule has 0 aliphatic heterocycles. The predicted octanol–water partition coefficient (Wildman–Crippen LogP) is 0.551. The van der Waals surface area contributed by atoms with Crippen molar-refractivity contribution < 1.29 is 4.79 Å². The molecule has 2 rings (SSSR count). The van der Waals surface area contributed by atoms with E-state index >= 15 is 0 Å². The monoisotopic (exact) mass is 231 g/mol. The highest BCUT2D eigenvalue weighted by atomic mass is 16.2. The van der Waals surface area contributed by atoms with Gasteiger partial charge in [-0.3, -0.25) is 9.78 Å². The largest absolute Gasteiger partial charge is 0.396 e.